The van der Waals surface area contributed by atoms with Gasteiger partial charge in [-0.3, -0.25) is 9.59 Å². The number of carboxylic acid groups (broad SMARTS) is 2. The Hall–Kier alpha value is -0.138. The number of hydrogen-bond acceptors (Lipinski definition) is 2. The van der Waals surface area contributed by atoms with Crippen molar-refractivity contribution in [3.05, 3.63) is 0 Å². The molecule has 0 aliphatic heterocycles. The topological polar surface area (TPSA) is 74.6 Å². The molecule has 0 amide bonds. The van der Waals surface area contributed by atoms with Crippen LogP contribution in [0.3, 0.4) is 0 Å². The van der Waals surface area contributed by atoms with Crippen molar-refractivity contribution in [2.45, 2.75) is 271 Å². The first-order chi connectivity index (χ1) is 23.5. The summed E-state index contributed by atoms with van der Waals surface area (Å²) >= 11 is 0. The molecule has 0 saturated heterocycles. The predicted molar refractivity (Wildman–Crippen MR) is 211 cm³/mol. The molecule has 0 spiro atoms. The van der Waals surface area contributed by atoms with Crippen LogP contribution in [0.5, 0.6) is 0 Å². The normalized spacial score (nSPS) is 10.8. The fourth-order valence-electron chi connectivity index (χ4n) is 6.71. The summed E-state index contributed by atoms with van der Waals surface area (Å²) in [5.74, 6) is -1.30. The molecule has 0 aromatic carbocycles. The second-order valence-corrected chi connectivity index (χ2v) is 15.0. The Morgan fingerprint density at radius 1 is 0.265 bits per heavy atom. The number of rotatable bonds is 40. The molecule has 0 atom stereocenters. The van der Waals surface area contributed by atoms with Gasteiger partial charge in [0.25, 0.3) is 0 Å². The third-order valence-electron chi connectivity index (χ3n) is 9.99. The van der Waals surface area contributed by atoms with E-state index in [1.165, 1.54) is 218 Å². The third kappa shape index (κ3) is 57.4. The van der Waals surface area contributed by atoms with Crippen molar-refractivity contribution in [1.29, 1.82) is 0 Å². The molecule has 5 heteroatoms. The molecule has 0 bridgehead atoms. The van der Waals surface area contributed by atoms with Crippen molar-refractivity contribution in [1.82, 2.24) is 0 Å². The molecule has 2 N–H and O–H groups in total. The predicted octanol–water partition coefficient (Wildman–Crippen LogP) is 15.8. The molecular weight excluding hydrogens is 705 g/mol. The van der Waals surface area contributed by atoms with Crippen LogP contribution in [-0.2, 0) is 36.9 Å². The maximum atomic E-state index is 10.4. The fraction of sp³-hybridized carbons (Fsp3) is 0.955. The van der Waals surface area contributed by atoms with Crippen molar-refractivity contribution >= 4 is 11.9 Å². The Bertz CT molecular complexity index is 560. The zero-order valence-corrected chi connectivity index (χ0v) is 37.7. The number of carbonyl (C=O) groups is 2. The van der Waals surface area contributed by atoms with Gasteiger partial charge in [0.05, 0.1) is 0 Å². The average molecular weight is 794 g/mol. The van der Waals surface area contributed by atoms with E-state index in [1.807, 2.05) is 0 Å². The van der Waals surface area contributed by atoms with Gasteiger partial charge in [-0.25, -0.2) is 0 Å². The second kappa shape index (κ2) is 50.0. The van der Waals surface area contributed by atoms with Crippen LogP contribution in [0.15, 0.2) is 0 Å². The number of unbranched alkanes of at least 4 members (excludes halogenated alkanes) is 36. The maximum absolute atomic E-state index is 10.4. The van der Waals surface area contributed by atoms with Gasteiger partial charge in [0.15, 0.2) is 0 Å². The zero-order valence-electron chi connectivity index (χ0n) is 33.7. The second-order valence-electron chi connectivity index (χ2n) is 15.0. The van der Waals surface area contributed by atoms with Gasteiger partial charge in [0.2, 0.25) is 0 Å². The fourth-order valence-corrected chi connectivity index (χ4v) is 6.71. The first kappa shape index (κ1) is 53.2. The molecular formula is C44H88CdO4. The van der Waals surface area contributed by atoms with E-state index in [-0.39, 0.29) is 27.3 Å². The molecule has 290 valence electrons. The smallest absolute Gasteiger partial charge is 0.303 e. The van der Waals surface area contributed by atoms with Crippen LogP contribution < -0.4 is 0 Å². The summed E-state index contributed by atoms with van der Waals surface area (Å²) in [6.45, 7) is 4.57. The third-order valence-corrected chi connectivity index (χ3v) is 9.99. The minimum absolute atomic E-state index is 0. The van der Waals surface area contributed by atoms with Crippen molar-refractivity contribution < 1.29 is 47.1 Å². The summed E-state index contributed by atoms with van der Waals surface area (Å²) in [6, 6.07) is 0. The molecule has 0 fully saturated rings. The Morgan fingerprint density at radius 2 is 0.388 bits per heavy atom. The first-order valence-corrected chi connectivity index (χ1v) is 22.0. The van der Waals surface area contributed by atoms with E-state index in [0.717, 1.165) is 25.7 Å². The van der Waals surface area contributed by atoms with Gasteiger partial charge in [0, 0.05) is 40.1 Å². The van der Waals surface area contributed by atoms with E-state index in [4.69, 9.17) is 10.2 Å². The van der Waals surface area contributed by atoms with Crippen LogP contribution in [0.25, 0.3) is 0 Å². The Balaban J connectivity index is -0.000000846. The Kier molecular flexibility index (Phi) is 54.3. The number of aliphatic carboxylic acids is 2. The zero-order chi connectivity index (χ0) is 35.4. The molecule has 0 heterocycles. The molecule has 49 heavy (non-hydrogen) atoms. The van der Waals surface area contributed by atoms with E-state index < -0.39 is 11.9 Å². The van der Waals surface area contributed by atoms with Crippen molar-refractivity contribution in [2.75, 3.05) is 0 Å². The molecule has 0 aromatic heterocycles. The molecule has 0 aromatic rings. The monoisotopic (exact) mass is 795 g/mol. The molecule has 0 aliphatic carbocycles. The number of carboxylic acids is 2. The van der Waals surface area contributed by atoms with Gasteiger partial charge < -0.3 is 10.2 Å². The van der Waals surface area contributed by atoms with Crippen molar-refractivity contribution in [3.8, 4) is 0 Å². The van der Waals surface area contributed by atoms with Crippen LogP contribution in [0.2, 0.25) is 0 Å². The summed E-state index contributed by atoms with van der Waals surface area (Å²) in [5, 5.41) is 17.1. The Morgan fingerprint density at radius 3 is 0.510 bits per heavy atom. The van der Waals surface area contributed by atoms with Gasteiger partial charge >= 0.3 is 11.9 Å². The van der Waals surface area contributed by atoms with Gasteiger partial charge in [0.1, 0.15) is 0 Å². The van der Waals surface area contributed by atoms with Crippen LogP contribution in [-0.4, -0.2) is 22.2 Å². The summed E-state index contributed by atoms with van der Waals surface area (Å²) in [5.41, 5.74) is 0. The minimum atomic E-state index is -0.651. The van der Waals surface area contributed by atoms with E-state index in [0.29, 0.717) is 12.8 Å². The SMILES string of the molecule is CCCCCCCCCCCCCCCCCCCCCC(=O)O.CCCCCCCCCCCCCCCCCCCCCC(=O)O.[Cd]. The van der Waals surface area contributed by atoms with Crippen LogP contribution in [0.1, 0.15) is 271 Å². The van der Waals surface area contributed by atoms with Crippen LogP contribution in [0, 0.1) is 0 Å². The molecule has 0 rings (SSSR count). The van der Waals surface area contributed by atoms with Gasteiger partial charge in [-0.15, -0.1) is 0 Å². The molecule has 0 aliphatic rings. The number of hydrogen-bond donors (Lipinski definition) is 2. The van der Waals surface area contributed by atoms with E-state index in [1.54, 1.807) is 0 Å². The quantitative estimate of drug-likeness (QED) is 0.0479. The van der Waals surface area contributed by atoms with Gasteiger partial charge in [-0.05, 0) is 12.8 Å². The average Bonchev–Trinajstić information content (AvgIpc) is 3.07. The molecule has 0 unspecified atom stereocenters. The van der Waals surface area contributed by atoms with Crippen LogP contribution in [0.4, 0.5) is 0 Å². The molecule has 0 saturated carbocycles. The molecule has 4 nitrogen and oxygen atoms in total. The van der Waals surface area contributed by atoms with E-state index in [9.17, 15) is 9.59 Å². The minimum Gasteiger partial charge on any atom is -0.481 e. The first-order valence-electron chi connectivity index (χ1n) is 22.0. The molecule has 0 radical (unpaired) electrons. The summed E-state index contributed by atoms with van der Waals surface area (Å²) < 4.78 is 0. The van der Waals surface area contributed by atoms with E-state index in [2.05, 4.69) is 13.8 Å². The largest absolute Gasteiger partial charge is 0.481 e. The van der Waals surface area contributed by atoms with E-state index >= 15 is 0 Å². The van der Waals surface area contributed by atoms with Gasteiger partial charge in [-0.1, -0.05) is 245 Å². The Labute approximate surface area is 328 Å². The standard InChI is InChI=1S/2C22H44O2.Cd/c2*1-2-3-4-5-6-7-8-9-10-11-12-13-14-15-16-17-18-19-20-21-22(23)24;/h2*2-21H2,1H3,(H,23,24);. The van der Waals surface area contributed by atoms with Crippen molar-refractivity contribution in [2.24, 2.45) is 0 Å². The summed E-state index contributed by atoms with van der Waals surface area (Å²) in [6.07, 6.45) is 52.2. The summed E-state index contributed by atoms with van der Waals surface area (Å²) in [7, 11) is 0. The van der Waals surface area contributed by atoms with Crippen LogP contribution >= 0.6 is 0 Å². The van der Waals surface area contributed by atoms with Crippen molar-refractivity contribution in [3.63, 3.8) is 0 Å². The van der Waals surface area contributed by atoms with Gasteiger partial charge in [-0.2, -0.15) is 0 Å². The maximum Gasteiger partial charge on any atom is 0.303 e. The summed E-state index contributed by atoms with van der Waals surface area (Å²) in [4.78, 5) is 20.8.